The van der Waals surface area contributed by atoms with Gasteiger partial charge in [0.1, 0.15) is 11.3 Å². The molecule has 0 saturated carbocycles. The van der Waals surface area contributed by atoms with Crippen molar-refractivity contribution in [1.82, 2.24) is 10.3 Å². The third-order valence-electron chi connectivity index (χ3n) is 2.08. The van der Waals surface area contributed by atoms with E-state index in [1.807, 2.05) is 0 Å². The van der Waals surface area contributed by atoms with Crippen LogP contribution in [0.1, 0.15) is 23.7 Å². The average molecular weight is 268 g/mol. The molecule has 1 heterocycles. The zero-order valence-corrected chi connectivity index (χ0v) is 10.3. The minimum Gasteiger partial charge on any atom is -0.349 e. The molecule has 1 unspecified atom stereocenters. The molecule has 1 atom stereocenters. The van der Waals surface area contributed by atoms with Gasteiger partial charge >= 0.3 is 0 Å². The van der Waals surface area contributed by atoms with Crippen LogP contribution in [0.4, 0.5) is 5.69 Å². The van der Waals surface area contributed by atoms with Crippen LogP contribution in [-0.4, -0.2) is 21.9 Å². The minimum atomic E-state index is -0.648. The molecular formula is C11H10ClN3O3. The van der Waals surface area contributed by atoms with Gasteiger partial charge in [0, 0.05) is 18.5 Å². The van der Waals surface area contributed by atoms with Gasteiger partial charge in [0.15, 0.2) is 0 Å². The first-order valence-electron chi connectivity index (χ1n) is 5.00. The first-order chi connectivity index (χ1) is 8.45. The van der Waals surface area contributed by atoms with Crippen molar-refractivity contribution in [3.63, 3.8) is 0 Å². The highest BCUT2D eigenvalue weighted by molar-refractivity contribution is 6.32. The molecule has 0 fully saturated rings. The molecule has 0 aliphatic carbocycles. The number of halogens is 1. The summed E-state index contributed by atoms with van der Waals surface area (Å²) in [5, 5.41) is 13.1. The van der Waals surface area contributed by atoms with Crippen LogP contribution in [0.5, 0.6) is 0 Å². The van der Waals surface area contributed by atoms with Gasteiger partial charge in [-0.05, 0) is 6.92 Å². The van der Waals surface area contributed by atoms with Gasteiger partial charge in [0.2, 0.25) is 0 Å². The molecule has 94 valence electrons. The maximum atomic E-state index is 11.8. The van der Waals surface area contributed by atoms with E-state index in [1.54, 1.807) is 6.92 Å². The number of nitro groups is 1. The van der Waals surface area contributed by atoms with Crippen molar-refractivity contribution in [3.05, 3.63) is 33.1 Å². The molecular weight excluding hydrogens is 258 g/mol. The summed E-state index contributed by atoms with van der Waals surface area (Å²) in [5.74, 6) is 1.85. The monoisotopic (exact) mass is 267 g/mol. The summed E-state index contributed by atoms with van der Waals surface area (Å²) < 4.78 is 0. The van der Waals surface area contributed by atoms with Crippen LogP contribution in [0, 0.1) is 22.5 Å². The fourth-order valence-corrected chi connectivity index (χ4v) is 1.41. The maximum Gasteiger partial charge on any atom is 0.288 e. The second-order valence-electron chi connectivity index (χ2n) is 3.57. The number of pyridine rings is 1. The van der Waals surface area contributed by atoms with Crippen molar-refractivity contribution < 1.29 is 9.72 Å². The quantitative estimate of drug-likeness (QED) is 0.390. The molecule has 0 aliphatic rings. The molecule has 1 aromatic rings. The molecule has 1 rings (SSSR count). The molecule has 0 spiro atoms. The summed E-state index contributed by atoms with van der Waals surface area (Å²) in [6.07, 6.45) is 6.45. The Morgan fingerprint density at radius 2 is 2.44 bits per heavy atom. The first kappa shape index (κ1) is 13.9. The normalized spacial score (nSPS) is 11.4. The van der Waals surface area contributed by atoms with E-state index in [2.05, 4.69) is 16.2 Å². The molecule has 18 heavy (non-hydrogen) atoms. The van der Waals surface area contributed by atoms with Crippen LogP contribution in [0.25, 0.3) is 0 Å². The zero-order chi connectivity index (χ0) is 13.7. The standard InChI is InChI=1S/C11H10ClN3O3/c1-3-4-7(2)14-11(16)9-5-8(15(17)18)6-13-10(9)12/h1,5-7H,4H2,2H3,(H,14,16). The lowest BCUT2D eigenvalue weighted by molar-refractivity contribution is -0.385. The molecule has 0 saturated heterocycles. The number of hydrogen-bond donors (Lipinski definition) is 1. The van der Waals surface area contributed by atoms with Crippen molar-refractivity contribution in [1.29, 1.82) is 0 Å². The highest BCUT2D eigenvalue weighted by atomic mass is 35.5. The van der Waals surface area contributed by atoms with E-state index < -0.39 is 10.8 Å². The summed E-state index contributed by atoms with van der Waals surface area (Å²) in [7, 11) is 0. The van der Waals surface area contributed by atoms with E-state index in [9.17, 15) is 14.9 Å². The van der Waals surface area contributed by atoms with Gasteiger partial charge in [0.25, 0.3) is 11.6 Å². The Balaban J connectivity index is 2.95. The lowest BCUT2D eigenvalue weighted by Gasteiger charge is -2.11. The van der Waals surface area contributed by atoms with Crippen LogP contribution >= 0.6 is 11.6 Å². The smallest absolute Gasteiger partial charge is 0.288 e. The Morgan fingerprint density at radius 1 is 1.78 bits per heavy atom. The van der Waals surface area contributed by atoms with Gasteiger partial charge in [-0.3, -0.25) is 14.9 Å². The summed E-state index contributed by atoms with van der Waals surface area (Å²) in [5.41, 5.74) is -0.344. The number of hydrogen-bond acceptors (Lipinski definition) is 4. The van der Waals surface area contributed by atoms with Gasteiger partial charge in [-0.2, -0.15) is 0 Å². The van der Waals surface area contributed by atoms with Crippen molar-refractivity contribution in [2.75, 3.05) is 0 Å². The van der Waals surface area contributed by atoms with Crippen LogP contribution in [0.15, 0.2) is 12.3 Å². The number of aromatic nitrogens is 1. The number of rotatable bonds is 4. The Labute approximate surface area is 109 Å². The van der Waals surface area contributed by atoms with Crippen molar-refractivity contribution in [3.8, 4) is 12.3 Å². The Morgan fingerprint density at radius 3 is 3.00 bits per heavy atom. The first-order valence-corrected chi connectivity index (χ1v) is 5.37. The largest absolute Gasteiger partial charge is 0.349 e. The Hall–Kier alpha value is -2.13. The fourth-order valence-electron chi connectivity index (χ4n) is 1.23. The maximum absolute atomic E-state index is 11.8. The predicted molar refractivity (Wildman–Crippen MR) is 66.3 cm³/mol. The molecule has 0 radical (unpaired) electrons. The Bertz CT molecular complexity index is 525. The van der Waals surface area contributed by atoms with Gasteiger partial charge in [-0.25, -0.2) is 4.98 Å². The van der Waals surface area contributed by atoms with E-state index in [0.29, 0.717) is 6.42 Å². The highest BCUT2D eigenvalue weighted by Gasteiger charge is 2.18. The average Bonchev–Trinajstić information content (AvgIpc) is 2.29. The van der Waals surface area contributed by atoms with Gasteiger partial charge < -0.3 is 5.32 Å². The molecule has 0 aliphatic heterocycles. The Kier molecular flexibility index (Phi) is 4.63. The number of nitrogens with zero attached hydrogens (tertiary/aromatic N) is 2. The van der Waals surface area contributed by atoms with E-state index in [4.69, 9.17) is 18.0 Å². The molecule has 0 aromatic carbocycles. The van der Waals surface area contributed by atoms with E-state index in [-0.39, 0.29) is 22.4 Å². The van der Waals surface area contributed by atoms with Gasteiger partial charge in [-0.15, -0.1) is 12.3 Å². The zero-order valence-electron chi connectivity index (χ0n) is 9.51. The molecule has 1 aromatic heterocycles. The second kappa shape index (κ2) is 5.98. The van der Waals surface area contributed by atoms with Crippen LogP contribution in [-0.2, 0) is 0 Å². The lowest BCUT2D eigenvalue weighted by atomic mass is 10.2. The summed E-state index contributed by atoms with van der Waals surface area (Å²) in [6.45, 7) is 1.72. The van der Waals surface area contributed by atoms with Crippen LogP contribution < -0.4 is 5.32 Å². The summed E-state index contributed by atoms with van der Waals surface area (Å²) in [6, 6.07) is 0.825. The number of carbonyl (C=O) groups is 1. The number of amides is 1. The van der Waals surface area contributed by atoms with Crippen LogP contribution in [0.3, 0.4) is 0 Å². The topological polar surface area (TPSA) is 85.1 Å². The lowest BCUT2D eigenvalue weighted by Crippen LogP contribution is -2.32. The van der Waals surface area contributed by atoms with Crippen molar-refractivity contribution in [2.45, 2.75) is 19.4 Å². The SMILES string of the molecule is C#CCC(C)NC(=O)c1cc([N+](=O)[O-])cnc1Cl. The predicted octanol–water partition coefficient (Wildman–Crippen LogP) is 1.78. The molecule has 0 bridgehead atoms. The second-order valence-corrected chi connectivity index (χ2v) is 3.93. The molecule has 1 N–H and O–H groups in total. The molecule has 6 nitrogen and oxygen atoms in total. The fraction of sp³-hybridized carbons (Fsp3) is 0.273. The number of carbonyl (C=O) groups excluding carboxylic acids is 1. The third-order valence-corrected chi connectivity index (χ3v) is 2.38. The van der Waals surface area contributed by atoms with E-state index >= 15 is 0 Å². The third kappa shape index (κ3) is 3.43. The van der Waals surface area contributed by atoms with E-state index in [1.165, 1.54) is 0 Å². The van der Waals surface area contributed by atoms with Crippen molar-refractivity contribution in [2.24, 2.45) is 0 Å². The van der Waals surface area contributed by atoms with Crippen molar-refractivity contribution >= 4 is 23.2 Å². The number of terminal acetylenes is 1. The summed E-state index contributed by atoms with van der Waals surface area (Å²) in [4.78, 5) is 25.3. The van der Waals surface area contributed by atoms with Gasteiger partial charge in [0.05, 0.1) is 10.5 Å². The number of nitrogens with one attached hydrogen (secondary N) is 1. The van der Waals surface area contributed by atoms with Crippen LogP contribution in [0.2, 0.25) is 5.15 Å². The van der Waals surface area contributed by atoms with Gasteiger partial charge in [-0.1, -0.05) is 11.6 Å². The highest BCUT2D eigenvalue weighted by Crippen LogP contribution is 2.19. The molecule has 7 heteroatoms. The van der Waals surface area contributed by atoms with E-state index in [0.717, 1.165) is 12.3 Å². The summed E-state index contributed by atoms with van der Waals surface area (Å²) >= 11 is 5.72. The minimum absolute atomic E-state index is 0.0465. The molecule has 1 amide bonds.